The van der Waals surface area contributed by atoms with E-state index in [4.69, 9.17) is 0 Å². The molecule has 1 aliphatic heterocycles. The minimum absolute atomic E-state index is 0.00239. The predicted molar refractivity (Wildman–Crippen MR) is 92.2 cm³/mol. The van der Waals surface area contributed by atoms with Crippen LogP contribution in [-0.2, 0) is 17.9 Å². The van der Waals surface area contributed by atoms with Gasteiger partial charge in [0.1, 0.15) is 19.2 Å². The molecule has 24 heavy (non-hydrogen) atoms. The summed E-state index contributed by atoms with van der Waals surface area (Å²) < 4.78 is 1.54. The summed E-state index contributed by atoms with van der Waals surface area (Å²) >= 11 is 0. The Morgan fingerprint density at radius 2 is 2.00 bits per heavy atom. The maximum atomic E-state index is 11.9. The molecule has 2 aromatic rings. The third-order valence-electron chi connectivity index (χ3n) is 4.59. The van der Waals surface area contributed by atoms with E-state index in [1.807, 2.05) is 0 Å². The van der Waals surface area contributed by atoms with Gasteiger partial charge in [-0.05, 0) is 44.3 Å². The molecule has 1 aromatic carbocycles. The van der Waals surface area contributed by atoms with Crippen molar-refractivity contribution in [1.29, 1.82) is 0 Å². The third kappa shape index (κ3) is 4.89. The van der Waals surface area contributed by atoms with Gasteiger partial charge in [0, 0.05) is 13.1 Å². The molecule has 128 valence electrons. The van der Waals surface area contributed by atoms with Crippen LogP contribution in [0.5, 0.6) is 0 Å². The van der Waals surface area contributed by atoms with E-state index in [0.717, 1.165) is 39.0 Å². The van der Waals surface area contributed by atoms with Crippen molar-refractivity contribution in [1.82, 2.24) is 25.0 Å². The molecule has 0 bridgehead atoms. The number of rotatable bonds is 6. The Hall–Kier alpha value is -2.21. The predicted octanol–water partition coefficient (Wildman–Crippen LogP) is 1.61. The van der Waals surface area contributed by atoms with Crippen LogP contribution in [0.4, 0.5) is 0 Å². The van der Waals surface area contributed by atoms with Crippen molar-refractivity contribution in [2.24, 2.45) is 5.92 Å². The molecule has 0 unspecified atom stereocenters. The fourth-order valence-electron chi connectivity index (χ4n) is 3.08. The lowest BCUT2D eigenvalue weighted by atomic mass is 9.96. The smallest absolute Gasteiger partial charge is 0.241 e. The van der Waals surface area contributed by atoms with E-state index in [-0.39, 0.29) is 12.5 Å². The minimum Gasteiger partial charge on any atom is -0.354 e. The molecule has 1 saturated heterocycles. The number of benzene rings is 1. The zero-order chi connectivity index (χ0) is 16.8. The van der Waals surface area contributed by atoms with Gasteiger partial charge in [0.05, 0.1) is 0 Å². The Bertz CT molecular complexity index is 630. The first-order chi connectivity index (χ1) is 11.7. The standard InChI is InChI=1S/C18H25N5O/c1-15-2-4-17(5-3-15)11-22-8-6-16(7-9-22)10-20-18(24)12-23-14-19-13-21-23/h2-5,13-14,16H,6-12H2,1H3,(H,20,24). The SMILES string of the molecule is Cc1ccc(CN2CCC(CNC(=O)Cn3cncn3)CC2)cc1. The fraction of sp³-hybridized carbons (Fsp3) is 0.500. The van der Waals surface area contributed by atoms with Gasteiger partial charge in [0.15, 0.2) is 0 Å². The third-order valence-corrected chi connectivity index (χ3v) is 4.59. The molecule has 1 fully saturated rings. The number of carbonyl (C=O) groups is 1. The lowest BCUT2D eigenvalue weighted by Gasteiger charge is -2.32. The number of likely N-dealkylation sites (tertiary alicyclic amines) is 1. The fourth-order valence-corrected chi connectivity index (χ4v) is 3.08. The van der Waals surface area contributed by atoms with E-state index in [9.17, 15) is 4.79 Å². The van der Waals surface area contributed by atoms with Crippen LogP contribution in [-0.4, -0.2) is 45.2 Å². The number of amides is 1. The Morgan fingerprint density at radius 3 is 2.67 bits per heavy atom. The summed E-state index contributed by atoms with van der Waals surface area (Å²) in [5.41, 5.74) is 2.68. The molecule has 2 heterocycles. The van der Waals surface area contributed by atoms with Gasteiger partial charge in [0.25, 0.3) is 0 Å². The van der Waals surface area contributed by atoms with Gasteiger partial charge in [-0.2, -0.15) is 5.10 Å². The van der Waals surface area contributed by atoms with Crippen molar-refractivity contribution in [2.45, 2.75) is 32.9 Å². The largest absolute Gasteiger partial charge is 0.354 e. The first-order valence-corrected chi connectivity index (χ1v) is 8.56. The van der Waals surface area contributed by atoms with Crippen LogP contribution in [0.1, 0.15) is 24.0 Å². The Balaban J connectivity index is 1.36. The van der Waals surface area contributed by atoms with Crippen molar-refractivity contribution >= 4 is 5.91 Å². The topological polar surface area (TPSA) is 63.1 Å². The van der Waals surface area contributed by atoms with E-state index in [0.29, 0.717) is 5.92 Å². The highest BCUT2D eigenvalue weighted by Crippen LogP contribution is 2.18. The zero-order valence-electron chi connectivity index (χ0n) is 14.2. The first-order valence-electron chi connectivity index (χ1n) is 8.56. The quantitative estimate of drug-likeness (QED) is 0.876. The maximum absolute atomic E-state index is 11.9. The second-order valence-electron chi connectivity index (χ2n) is 6.60. The summed E-state index contributed by atoms with van der Waals surface area (Å²) in [4.78, 5) is 18.2. The van der Waals surface area contributed by atoms with Gasteiger partial charge < -0.3 is 5.32 Å². The van der Waals surface area contributed by atoms with E-state index in [2.05, 4.69) is 51.5 Å². The van der Waals surface area contributed by atoms with Crippen LogP contribution in [0.3, 0.4) is 0 Å². The van der Waals surface area contributed by atoms with Crippen LogP contribution in [0.2, 0.25) is 0 Å². The number of hydrogen-bond donors (Lipinski definition) is 1. The number of nitrogens with zero attached hydrogens (tertiary/aromatic N) is 4. The van der Waals surface area contributed by atoms with E-state index in [1.54, 1.807) is 11.0 Å². The monoisotopic (exact) mass is 327 g/mol. The van der Waals surface area contributed by atoms with Gasteiger partial charge in [-0.25, -0.2) is 9.67 Å². The van der Waals surface area contributed by atoms with Crippen molar-refractivity contribution in [3.05, 3.63) is 48.0 Å². The van der Waals surface area contributed by atoms with Crippen LogP contribution >= 0.6 is 0 Å². The van der Waals surface area contributed by atoms with E-state index >= 15 is 0 Å². The van der Waals surface area contributed by atoms with Crippen molar-refractivity contribution < 1.29 is 4.79 Å². The summed E-state index contributed by atoms with van der Waals surface area (Å²) in [5.74, 6) is 0.571. The molecule has 6 nitrogen and oxygen atoms in total. The Morgan fingerprint density at radius 1 is 1.25 bits per heavy atom. The number of aromatic nitrogens is 3. The highest BCUT2D eigenvalue weighted by atomic mass is 16.2. The second kappa shape index (κ2) is 8.06. The molecule has 6 heteroatoms. The molecule has 0 aliphatic carbocycles. The summed E-state index contributed by atoms with van der Waals surface area (Å²) in [5, 5.41) is 6.96. The van der Waals surface area contributed by atoms with Gasteiger partial charge in [-0.3, -0.25) is 9.69 Å². The molecular formula is C18H25N5O. The average Bonchev–Trinajstić information content (AvgIpc) is 3.09. The number of carbonyl (C=O) groups excluding carboxylic acids is 1. The molecule has 1 N–H and O–H groups in total. The highest BCUT2D eigenvalue weighted by molar-refractivity contribution is 5.75. The normalized spacial score (nSPS) is 16.2. The molecule has 1 amide bonds. The number of aryl methyl sites for hydroxylation is 1. The average molecular weight is 327 g/mol. The van der Waals surface area contributed by atoms with E-state index < -0.39 is 0 Å². The number of piperidine rings is 1. The van der Waals surface area contributed by atoms with Crippen molar-refractivity contribution in [2.75, 3.05) is 19.6 Å². The van der Waals surface area contributed by atoms with Gasteiger partial charge >= 0.3 is 0 Å². The van der Waals surface area contributed by atoms with Crippen LogP contribution in [0.15, 0.2) is 36.9 Å². The molecule has 0 radical (unpaired) electrons. The lowest BCUT2D eigenvalue weighted by molar-refractivity contribution is -0.122. The maximum Gasteiger partial charge on any atom is 0.241 e. The summed E-state index contributed by atoms with van der Waals surface area (Å²) in [6.45, 7) is 6.32. The molecule has 1 aliphatic rings. The Labute approximate surface area is 142 Å². The molecular weight excluding hydrogens is 302 g/mol. The minimum atomic E-state index is 0.00239. The lowest BCUT2D eigenvalue weighted by Crippen LogP contribution is -2.39. The molecule has 0 atom stereocenters. The van der Waals surface area contributed by atoms with Crippen LogP contribution in [0.25, 0.3) is 0 Å². The van der Waals surface area contributed by atoms with Gasteiger partial charge in [-0.15, -0.1) is 0 Å². The zero-order valence-corrected chi connectivity index (χ0v) is 14.2. The highest BCUT2D eigenvalue weighted by Gasteiger charge is 2.19. The molecule has 3 rings (SSSR count). The second-order valence-corrected chi connectivity index (χ2v) is 6.60. The van der Waals surface area contributed by atoms with Crippen LogP contribution in [0, 0.1) is 12.8 Å². The van der Waals surface area contributed by atoms with Crippen molar-refractivity contribution in [3.63, 3.8) is 0 Å². The van der Waals surface area contributed by atoms with Crippen LogP contribution < -0.4 is 5.32 Å². The number of nitrogens with one attached hydrogen (secondary N) is 1. The molecule has 1 aromatic heterocycles. The van der Waals surface area contributed by atoms with Crippen molar-refractivity contribution in [3.8, 4) is 0 Å². The summed E-state index contributed by atoms with van der Waals surface area (Å²) in [6, 6.07) is 8.77. The van der Waals surface area contributed by atoms with E-state index in [1.165, 1.54) is 17.5 Å². The van der Waals surface area contributed by atoms with Gasteiger partial charge in [-0.1, -0.05) is 29.8 Å². The summed E-state index contributed by atoms with van der Waals surface area (Å²) in [6.07, 6.45) is 5.27. The summed E-state index contributed by atoms with van der Waals surface area (Å²) in [7, 11) is 0. The Kier molecular flexibility index (Phi) is 5.59. The number of hydrogen-bond acceptors (Lipinski definition) is 4. The van der Waals surface area contributed by atoms with Gasteiger partial charge in [0.2, 0.25) is 5.91 Å². The molecule has 0 spiro atoms. The first kappa shape index (κ1) is 16.6. The molecule has 0 saturated carbocycles.